The zero-order valence-electron chi connectivity index (χ0n) is 10.8. The fraction of sp³-hybridized carbons (Fsp3) is 0.500. The smallest absolute Gasteiger partial charge is 0.242 e. The van der Waals surface area contributed by atoms with Gasteiger partial charge in [0.1, 0.15) is 0 Å². The van der Waals surface area contributed by atoms with Crippen LogP contribution in [0.1, 0.15) is 12.8 Å². The Morgan fingerprint density at radius 2 is 1.79 bits per heavy atom. The fourth-order valence-corrected chi connectivity index (χ4v) is 2.78. The van der Waals surface area contributed by atoms with Crippen molar-refractivity contribution in [1.29, 1.82) is 0 Å². The third-order valence-electron chi connectivity index (χ3n) is 3.97. The van der Waals surface area contributed by atoms with E-state index < -0.39 is 5.54 Å². The van der Waals surface area contributed by atoms with Crippen LogP contribution in [0.25, 0.3) is 0 Å². The molecule has 0 unspecified atom stereocenters. The first kappa shape index (κ1) is 12.8. The fourth-order valence-electron chi connectivity index (χ4n) is 2.52. The van der Waals surface area contributed by atoms with Crippen molar-refractivity contribution in [3.63, 3.8) is 0 Å². The largest absolute Gasteiger partial charge is 0.367 e. The Hall–Kier alpha value is -1.26. The maximum Gasteiger partial charge on any atom is 0.242 e. The van der Waals surface area contributed by atoms with Gasteiger partial charge < -0.3 is 15.5 Å². The normalized spacial score (nSPS) is 21.4. The molecule has 1 saturated carbocycles. The molecule has 2 aliphatic rings. The maximum absolute atomic E-state index is 12.1. The Morgan fingerprint density at radius 3 is 2.37 bits per heavy atom. The van der Waals surface area contributed by atoms with Gasteiger partial charge in [0.25, 0.3) is 0 Å². The second kappa shape index (κ2) is 4.69. The lowest BCUT2D eigenvalue weighted by Gasteiger charge is -2.37. The maximum atomic E-state index is 12.1. The average molecular weight is 280 g/mol. The number of para-hydroxylation sites is 1. The number of carbonyl (C=O) groups excluding carboxylic acids is 1. The molecule has 1 aliphatic carbocycles. The Bertz CT molecular complexity index is 493. The number of benzene rings is 1. The third-order valence-corrected chi connectivity index (χ3v) is 4.29. The first-order valence-corrected chi connectivity index (χ1v) is 7.06. The zero-order chi connectivity index (χ0) is 13.5. The van der Waals surface area contributed by atoms with Crippen LogP contribution in [-0.4, -0.2) is 42.5 Å². The minimum atomic E-state index is -0.549. The van der Waals surface area contributed by atoms with Crippen molar-refractivity contribution < 1.29 is 4.79 Å². The van der Waals surface area contributed by atoms with Crippen LogP contribution in [0.5, 0.6) is 0 Å². The second-order valence-electron chi connectivity index (χ2n) is 5.39. The summed E-state index contributed by atoms with van der Waals surface area (Å²) in [6, 6.07) is 7.83. The molecule has 1 amide bonds. The summed E-state index contributed by atoms with van der Waals surface area (Å²) in [5.41, 5.74) is 6.46. The first-order chi connectivity index (χ1) is 9.10. The molecule has 1 aliphatic heterocycles. The lowest BCUT2D eigenvalue weighted by Crippen LogP contribution is -2.54. The average Bonchev–Trinajstić information content (AvgIpc) is 3.18. The summed E-state index contributed by atoms with van der Waals surface area (Å²) >= 11 is 6.20. The number of nitrogens with zero attached hydrogens (tertiary/aromatic N) is 2. The van der Waals surface area contributed by atoms with Crippen molar-refractivity contribution in [1.82, 2.24) is 4.90 Å². The molecule has 0 aromatic heterocycles. The summed E-state index contributed by atoms with van der Waals surface area (Å²) in [6.07, 6.45) is 1.66. The third kappa shape index (κ3) is 2.42. The molecule has 102 valence electrons. The van der Waals surface area contributed by atoms with Crippen molar-refractivity contribution in [2.45, 2.75) is 18.4 Å². The van der Waals surface area contributed by atoms with Gasteiger partial charge in [0.05, 0.1) is 16.2 Å². The van der Waals surface area contributed by atoms with Crippen LogP contribution in [0.3, 0.4) is 0 Å². The Morgan fingerprint density at radius 1 is 1.16 bits per heavy atom. The van der Waals surface area contributed by atoms with Crippen molar-refractivity contribution in [3.8, 4) is 0 Å². The lowest BCUT2D eigenvalue weighted by molar-refractivity contribution is -0.133. The van der Waals surface area contributed by atoms with Crippen LogP contribution in [0.15, 0.2) is 24.3 Å². The SMILES string of the molecule is NC1(C(=O)N2CCN(c3ccccc3Cl)CC2)CC1. The van der Waals surface area contributed by atoms with E-state index in [9.17, 15) is 4.79 Å². The van der Waals surface area contributed by atoms with Crippen LogP contribution in [0, 0.1) is 0 Å². The van der Waals surface area contributed by atoms with Gasteiger partial charge in [-0.1, -0.05) is 23.7 Å². The standard InChI is InChI=1S/C14H18ClN3O/c15-11-3-1-2-4-12(11)17-7-9-18(10-8-17)13(19)14(16)5-6-14/h1-4H,5-10,16H2. The topological polar surface area (TPSA) is 49.6 Å². The number of rotatable bonds is 2. The zero-order valence-corrected chi connectivity index (χ0v) is 11.6. The van der Waals surface area contributed by atoms with Gasteiger partial charge in [-0.2, -0.15) is 0 Å². The van der Waals surface area contributed by atoms with Crippen LogP contribution in [-0.2, 0) is 4.79 Å². The van der Waals surface area contributed by atoms with Gasteiger partial charge in [0.15, 0.2) is 0 Å². The van der Waals surface area contributed by atoms with Crippen molar-refractivity contribution in [3.05, 3.63) is 29.3 Å². The molecule has 4 nitrogen and oxygen atoms in total. The molecule has 0 atom stereocenters. The number of anilines is 1. The van der Waals surface area contributed by atoms with E-state index in [1.807, 2.05) is 29.2 Å². The van der Waals surface area contributed by atoms with Crippen molar-refractivity contribution in [2.24, 2.45) is 5.73 Å². The second-order valence-corrected chi connectivity index (χ2v) is 5.79. The number of piperazine rings is 1. The summed E-state index contributed by atoms with van der Waals surface area (Å²) in [5, 5.41) is 0.764. The van der Waals surface area contributed by atoms with Crippen LogP contribution < -0.4 is 10.6 Å². The molecule has 0 radical (unpaired) electrons. The van der Waals surface area contributed by atoms with Gasteiger partial charge in [-0.3, -0.25) is 4.79 Å². The highest BCUT2D eigenvalue weighted by Crippen LogP contribution is 2.34. The number of amides is 1. The van der Waals surface area contributed by atoms with E-state index >= 15 is 0 Å². The molecule has 2 fully saturated rings. The van der Waals surface area contributed by atoms with E-state index in [2.05, 4.69) is 4.90 Å². The lowest BCUT2D eigenvalue weighted by atomic mass is 10.2. The predicted molar refractivity (Wildman–Crippen MR) is 76.4 cm³/mol. The van der Waals surface area contributed by atoms with Crippen LogP contribution >= 0.6 is 11.6 Å². The van der Waals surface area contributed by atoms with Crippen molar-refractivity contribution in [2.75, 3.05) is 31.1 Å². The van der Waals surface area contributed by atoms with E-state index in [-0.39, 0.29) is 5.91 Å². The van der Waals surface area contributed by atoms with E-state index in [4.69, 9.17) is 17.3 Å². The molecular formula is C14H18ClN3O. The molecule has 19 heavy (non-hydrogen) atoms. The molecule has 5 heteroatoms. The molecule has 0 bridgehead atoms. The van der Waals surface area contributed by atoms with Gasteiger partial charge in [-0.25, -0.2) is 0 Å². The van der Waals surface area contributed by atoms with Gasteiger partial charge in [0.2, 0.25) is 5.91 Å². The summed E-state index contributed by atoms with van der Waals surface area (Å²) in [5.74, 6) is 0.117. The Balaban J connectivity index is 1.64. The Labute approximate surface area is 118 Å². The minimum absolute atomic E-state index is 0.117. The number of nitrogens with two attached hydrogens (primary N) is 1. The number of carbonyl (C=O) groups is 1. The molecule has 3 rings (SSSR count). The first-order valence-electron chi connectivity index (χ1n) is 6.68. The quantitative estimate of drug-likeness (QED) is 0.892. The van der Waals surface area contributed by atoms with Crippen molar-refractivity contribution >= 4 is 23.2 Å². The molecule has 0 spiro atoms. The molecule has 1 aromatic carbocycles. The Kier molecular flexibility index (Phi) is 3.15. The van der Waals surface area contributed by atoms with Gasteiger partial charge in [-0.15, -0.1) is 0 Å². The van der Waals surface area contributed by atoms with Crippen LogP contribution in [0.2, 0.25) is 5.02 Å². The van der Waals surface area contributed by atoms with Crippen LogP contribution in [0.4, 0.5) is 5.69 Å². The highest BCUT2D eigenvalue weighted by atomic mass is 35.5. The molecule has 2 N–H and O–H groups in total. The molecule has 1 heterocycles. The molecule has 1 aromatic rings. The number of hydrogen-bond acceptors (Lipinski definition) is 3. The van der Waals surface area contributed by atoms with E-state index in [1.54, 1.807) is 0 Å². The monoisotopic (exact) mass is 279 g/mol. The summed E-state index contributed by atoms with van der Waals surface area (Å²) in [6.45, 7) is 3.07. The van der Waals surface area contributed by atoms with E-state index in [1.165, 1.54) is 0 Å². The van der Waals surface area contributed by atoms with Gasteiger partial charge in [-0.05, 0) is 25.0 Å². The highest BCUT2D eigenvalue weighted by Gasteiger charge is 2.48. The van der Waals surface area contributed by atoms with E-state index in [0.717, 1.165) is 49.7 Å². The summed E-state index contributed by atoms with van der Waals surface area (Å²) < 4.78 is 0. The minimum Gasteiger partial charge on any atom is -0.367 e. The summed E-state index contributed by atoms with van der Waals surface area (Å²) in [7, 11) is 0. The van der Waals surface area contributed by atoms with E-state index in [0.29, 0.717) is 0 Å². The van der Waals surface area contributed by atoms with Gasteiger partial charge in [0, 0.05) is 26.2 Å². The highest BCUT2D eigenvalue weighted by molar-refractivity contribution is 6.33. The number of halogens is 1. The molecule has 1 saturated heterocycles. The van der Waals surface area contributed by atoms with Gasteiger partial charge >= 0.3 is 0 Å². The predicted octanol–water partition coefficient (Wildman–Crippen LogP) is 1.48. The molecular weight excluding hydrogens is 262 g/mol. The summed E-state index contributed by atoms with van der Waals surface area (Å²) in [4.78, 5) is 16.3. The number of hydrogen-bond donors (Lipinski definition) is 1.